The molecule has 0 aliphatic heterocycles. The highest BCUT2D eigenvalue weighted by Crippen LogP contribution is 2.66. The van der Waals surface area contributed by atoms with Gasteiger partial charge < -0.3 is 5.11 Å². The van der Waals surface area contributed by atoms with Crippen LogP contribution in [0.15, 0.2) is 23.8 Å². The Morgan fingerprint density at radius 2 is 1.86 bits per heavy atom. The van der Waals surface area contributed by atoms with Crippen LogP contribution in [0.3, 0.4) is 0 Å². The van der Waals surface area contributed by atoms with Crippen molar-refractivity contribution in [3.63, 3.8) is 0 Å². The average molecular weight is 399 g/mol. The predicted octanol–water partition coefficient (Wildman–Crippen LogP) is 6.34. The van der Waals surface area contributed by atoms with Crippen LogP contribution in [0.1, 0.15) is 86.0 Å². The Labute approximate surface area is 178 Å². The van der Waals surface area contributed by atoms with Gasteiger partial charge in [0.05, 0.1) is 6.10 Å². The van der Waals surface area contributed by atoms with Crippen molar-refractivity contribution >= 4 is 5.78 Å². The standard InChI is InChI=1S/C27H42O2/c1-17(2)7-6-8-18(3)22-11-12-23-21-10-9-19-15-20(28)16-25(29)27(19,5)24(21)13-14-26(22,23)4/h9-10,15,17-18,21-25,29H,6-8,11-14,16H2,1-5H3/t18-,21+,22-,23+,24+,25?,26-,27+/m1/s1. The maximum atomic E-state index is 12.0. The summed E-state index contributed by atoms with van der Waals surface area (Å²) in [5.74, 6) is 4.34. The van der Waals surface area contributed by atoms with Gasteiger partial charge in [0.1, 0.15) is 0 Å². The van der Waals surface area contributed by atoms with Gasteiger partial charge in [-0.05, 0) is 78.3 Å². The van der Waals surface area contributed by atoms with Gasteiger partial charge in [0.2, 0.25) is 0 Å². The minimum absolute atomic E-state index is 0.0878. The van der Waals surface area contributed by atoms with Gasteiger partial charge in [-0.1, -0.05) is 66.0 Å². The summed E-state index contributed by atoms with van der Waals surface area (Å²) in [5.41, 5.74) is 1.29. The smallest absolute Gasteiger partial charge is 0.158 e. The van der Waals surface area contributed by atoms with Crippen LogP contribution in [0.2, 0.25) is 0 Å². The molecule has 2 fully saturated rings. The number of ketones is 1. The molecular weight excluding hydrogens is 356 g/mol. The summed E-state index contributed by atoms with van der Waals surface area (Å²) < 4.78 is 0. The maximum absolute atomic E-state index is 12.0. The lowest BCUT2D eigenvalue weighted by Crippen LogP contribution is -2.54. The molecule has 0 radical (unpaired) electrons. The van der Waals surface area contributed by atoms with Crippen LogP contribution >= 0.6 is 0 Å². The van der Waals surface area contributed by atoms with Crippen LogP contribution in [-0.2, 0) is 4.79 Å². The van der Waals surface area contributed by atoms with Crippen molar-refractivity contribution in [3.8, 4) is 0 Å². The fourth-order valence-corrected chi connectivity index (χ4v) is 8.07. The van der Waals surface area contributed by atoms with E-state index in [1.807, 2.05) is 6.08 Å². The van der Waals surface area contributed by atoms with Crippen molar-refractivity contribution in [2.75, 3.05) is 0 Å². The van der Waals surface area contributed by atoms with Gasteiger partial charge in [-0.2, -0.15) is 0 Å². The second kappa shape index (κ2) is 7.66. The Hall–Kier alpha value is -0.890. The summed E-state index contributed by atoms with van der Waals surface area (Å²) in [6.07, 6.45) is 15.5. The highest BCUT2D eigenvalue weighted by atomic mass is 16.3. The van der Waals surface area contributed by atoms with E-state index in [-0.39, 0.29) is 11.2 Å². The molecule has 2 saturated carbocycles. The molecule has 0 aromatic rings. The first-order valence-corrected chi connectivity index (χ1v) is 12.3. The molecule has 4 aliphatic carbocycles. The van der Waals surface area contributed by atoms with E-state index in [0.29, 0.717) is 23.7 Å². The molecule has 0 aromatic heterocycles. The lowest BCUT2D eigenvalue weighted by Gasteiger charge is -2.57. The monoisotopic (exact) mass is 398 g/mol. The first kappa shape index (κ1) is 21.3. The van der Waals surface area contributed by atoms with Crippen molar-refractivity contribution in [2.45, 2.75) is 92.1 Å². The Bertz CT molecular complexity index is 703. The van der Waals surface area contributed by atoms with E-state index in [2.05, 4.69) is 46.8 Å². The fraction of sp³-hybridized carbons (Fsp3) is 0.815. The van der Waals surface area contributed by atoms with Crippen LogP contribution in [0.4, 0.5) is 0 Å². The van der Waals surface area contributed by atoms with Gasteiger partial charge in [-0.15, -0.1) is 0 Å². The van der Waals surface area contributed by atoms with Crippen molar-refractivity contribution in [2.24, 2.45) is 46.3 Å². The molecule has 0 aromatic carbocycles. The molecule has 0 amide bonds. The highest BCUT2D eigenvalue weighted by Gasteiger charge is 2.60. The number of fused-ring (bicyclic) bond motifs is 5. The molecule has 8 atom stereocenters. The molecule has 2 nitrogen and oxygen atoms in total. The van der Waals surface area contributed by atoms with Crippen molar-refractivity contribution < 1.29 is 9.90 Å². The van der Waals surface area contributed by atoms with Gasteiger partial charge in [0.15, 0.2) is 5.78 Å². The summed E-state index contributed by atoms with van der Waals surface area (Å²) in [6, 6.07) is 0. The number of carbonyl (C=O) groups excluding carboxylic acids is 1. The highest BCUT2D eigenvalue weighted by molar-refractivity contribution is 5.93. The molecular formula is C27H42O2. The third-order valence-electron chi connectivity index (χ3n) is 9.83. The zero-order valence-corrected chi connectivity index (χ0v) is 19.3. The van der Waals surface area contributed by atoms with Crippen LogP contribution in [0.5, 0.6) is 0 Å². The van der Waals surface area contributed by atoms with Crippen molar-refractivity contribution in [1.29, 1.82) is 0 Å². The predicted molar refractivity (Wildman–Crippen MR) is 119 cm³/mol. The van der Waals surface area contributed by atoms with E-state index < -0.39 is 6.10 Å². The number of hydrogen-bond donors (Lipinski definition) is 1. The summed E-state index contributed by atoms with van der Waals surface area (Å²) >= 11 is 0. The zero-order chi connectivity index (χ0) is 21.0. The summed E-state index contributed by atoms with van der Waals surface area (Å²) in [6.45, 7) is 12.0. The van der Waals surface area contributed by atoms with E-state index in [4.69, 9.17) is 0 Å². The molecule has 0 bridgehead atoms. The Morgan fingerprint density at radius 3 is 2.59 bits per heavy atom. The van der Waals surface area contributed by atoms with E-state index in [1.54, 1.807) is 0 Å². The van der Waals surface area contributed by atoms with Gasteiger partial charge in [-0.3, -0.25) is 4.79 Å². The lowest BCUT2D eigenvalue weighted by atomic mass is 9.47. The average Bonchev–Trinajstić information content (AvgIpc) is 3.00. The minimum Gasteiger partial charge on any atom is -0.392 e. The number of aliphatic hydroxyl groups excluding tert-OH is 1. The zero-order valence-electron chi connectivity index (χ0n) is 19.3. The molecule has 29 heavy (non-hydrogen) atoms. The topological polar surface area (TPSA) is 37.3 Å². The first-order valence-electron chi connectivity index (χ1n) is 12.3. The molecule has 4 rings (SSSR count). The molecule has 0 heterocycles. The van der Waals surface area contributed by atoms with Gasteiger partial charge in [0.25, 0.3) is 0 Å². The van der Waals surface area contributed by atoms with Crippen LogP contribution in [0, 0.1) is 46.3 Å². The number of allylic oxidation sites excluding steroid dienone is 3. The first-order chi connectivity index (χ1) is 13.7. The molecule has 1 unspecified atom stereocenters. The Balaban J connectivity index is 1.55. The number of hydrogen-bond acceptors (Lipinski definition) is 2. The third kappa shape index (κ3) is 3.38. The van der Waals surface area contributed by atoms with Gasteiger partial charge in [0, 0.05) is 11.8 Å². The van der Waals surface area contributed by atoms with Crippen molar-refractivity contribution in [1.82, 2.24) is 0 Å². The minimum atomic E-state index is -0.524. The van der Waals surface area contributed by atoms with E-state index in [0.717, 1.165) is 29.2 Å². The molecule has 162 valence electrons. The third-order valence-corrected chi connectivity index (χ3v) is 9.83. The van der Waals surface area contributed by atoms with Crippen molar-refractivity contribution in [3.05, 3.63) is 23.8 Å². The molecule has 2 heteroatoms. The van der Waals surface area contributed by atoms with Crippen LogP contribution < -0.4 is 0 Å². The lowest BCUT2D eigenvalue weighted by molar-refractivity contribution is -0.123. The fourth-order valence-electron chi connectivity index (χ4n) is 8.07. The molecule has 0 spiro atoms. The largest absolute Gasteiger partial charge is 0.392 e. The number of aliphatic hydroxyl groups is 1. The van der Waals surface area contributed by atoms with Crippen LogP contribution in [0.25, 0.3) is 0 Å². The number of carbonyl (C=O) groups is 1. The summed E-state index contributed by atoms with van der Waals surface area (Å²) in [5, 5.41) is 11.0. The molecule has 1 N–H and O–H groups in total. The van der Waals surface area contributed by atoms with Gasteiger partial charge >= 0.3 is 0 Å². The van der Waals surface area contributed by atoms with E-state index >= 15 is 0 Å². The quantitative estimate of drug-likeness (QED) is 0.586. The van der Waals surface area contributed by atoms with E-state index in [9.17, 15) is 9.90 Å². The second-order valence-electron chi connectivity index (χ2n) is 11.7. The van der Waals surface area contributed by atoms with Crippen LogP contribution in [-0.4, -0.2) is 17.0 Å². The second-order valence-corrected chi connectivity index (χ2v) is 11.7. The Morgan fingerprint density at radius 1 is 1.10 bits per heavy atom. The number of rotatable bonds is 5. The molecule has 4 aliphatic rings. The van der Waals surface area contributed by atoms with Gasteiger partial charge in [-0.25, -0.2) is 0 Å². The Kier molecular flexibility index (Phi) is 5.64. The summed E-state index contributed by atoms with van der Waals surface area (Å²) in [4.78, 5) is 12.0. The normalized spacial score (nSPS) is 44.9. The summed E-state index contributed by atoms with van der Waals surface area (Å²) in [7, 11) is 0. The molecule has 0 saturated heterocycles. The SMILES string of the molecule is CC(C)CCC[C@@H](C)[C@H]1CC[C@H]2[C@@H]3C=CC4=CC(=O)CC(O)[C@]4(C)[C@H]3CC[C@]12C. The maximum Gasteiger partial charge on any atom is 0.158 e. The van der Waals surface area contributed by atoms with E-state index in [1.165, 1.54) is 44.9 Å².